The molecule has 0 bridgehead atoms. The Morgan fingerprint density at radius 2 is 1.95 bits per heavy atom. The van der Waals surface area contributed by atoms with E-state index in [4.69, 9.17) is 0 Å². The van der Waals surface area contributed by atoms with Gasteiger partial charge in [-0.1, -0.05) is 18.2 Å². The molecule has 21 heavy (non-hydrogen) atoms. The zero-order chi connectivity index (χ0) is 14.8. The Morgan fingerprint density at radius 1 is 1.14 bits per heavy atom. The number of nitrogens with one attached hydrogen (secondary N) is 1. The number of carbonyl (C=O) groups is 1. The quantitative estimate of drug-likeness (QED) is 0.699. The van der Waals surface area contributed by atoms with E-state index in [1.807, 2.05) is 24.3 Å². The van der Waals surface area contributed by atoms with E-state index in [1.54, 1.807) is 4.90 Å². The van der Waals surface area contributed by atoms with Gasteiger partial charge in [0, 0.05) is 25.3 Å². The normalized spacial score (nSPS) is 14.4. The monoisotopic (exact) mass is 284 g/mol. The molecule has 0 aliphatic carbocycles. The largest absolute Gasteiger partial charge is 0.508 e. The zero-order valence-corrected chi connectivity index (χ0v) is 11.4. The maximum absolute atomic E-state index is 12.7. The van der Waals surface area contributed by atoms with Gasteiger partial charge in [-0.15, -0.1) is 0 Å². The third kappa shape index (κ3) is 2.55. The molecule has 0 fully saturated rings. The fraction of sp³-hybridized carbons (Fsp3) is 0.188. The molecule has 1 aliphatic heterocycles. The van der Waals surface area contributed by atoms with Gasteiger partial charge in [-0.25, -0.2) is 0 Å². The highest BCUT2D eigenvalue weighted by molar-refractivity contribution is 6.08. The number of amides is 1. The van der Waals surface area contributed by atoms with Crippen molar-refractivity contribution in [2.75, 3.05) is 18.0 Å². The van der Waals surface area contributed by atoms with E-state index < -0.39 is 0 Å². The van der Waals surface area contributed by atoms with Gasteiger partial charge in [-0.2, -0.15) is 0 Å². The first-order valence-corrected chi connectivity index (χ1v) is 6.79. The number of hydrogen-bond donors (Lipinski definition) is 3. The van der Waals surface area contributed by atoms with Gasteiger partial charge in [0.2, 0.25) is 0 Å². The molecule has 2 aromatic carbocycles. The maximum Gasteiger partial charge on any atom is 0.262 e. The summed E-state index contributed by atoms with van der Waals surface area (Å²) in [7, 11) is 0. The molecule has 3 N–H and O–H groups in total. The van der Waals surface area contributed by atoms with Gasteiger partial charge in [-0.05, 0) is 29.8 Å². The van der Waals surface area contributed by atoms with E-state index in [2.05, 4.69) is 5.32 Å². The number of carbonyl (C=O) groups excluding carboxylic acids is 1. The second-order valence-corrected chi connectivity index (χ2v) is 4.96. The number of aromatic hydroxyl groups is 2. The lowest BCUT2D eigenvalue weighted by Gasteiger charge is -2.23. The summed E-state index contributed by atoms with van der Waals surface area (Å²) in [5, 5.41) is 22.7. The molecule has 0 saturated carbocycles. The van der Waals surface area contributed by atoms with Crippen molar-refractivity contribution in [3.05, 3.63) is 53.6 Å². The van der Waals surface area contributed by atoms with Gasteiger partial charge in [0.15, 0.2) is 0 Å². The van der Waals surface area contributed by atoms with Crippen LogP contribution in [-0.2, 0) is 6.54 Å². The number of nitrogens with zero attached hydrogens (tertiary/aromatic N) is 1. The van der Waals surface area contributed by atoms with Crippen molar-refractivity contribution in [2.45, 2.75) is 6.54 Å². The standard InChI is InChI=1S/C16H16N2O3/c19-12-5-6-15(20)13(9-12)16(21)18-8-7-17-10-11-3-1-2-4-14(11)18/h1-6,9,17,19-20H,7-8,10H2. The molecular formula is C16H16N2O3. The van der Waals surface area contributed by atoms with Gasteiger partial charge in [-0.3, -0.25) is 4.79 Å². The van der Waals surface area contributed by atoms with E-state index in [-0.39, 0.29) is 23.0 Å². The number of rotatable bonds is 1. The van der Waals surface area contributed by atoms with Crippen molar-refractivity contribution in [1.82, 2.24) is 5.32 Å². The maximum atomic E-state index is 12.7. The van der Waals surface area contributed by atoms with Crippen molar-refractivity contribution < 1.29 is 15.0 Å². The molecule has 108 valence electrons. The molecule has 1 amide bonds. The van der Waals surface area contributed by atoms with Crippen LogP contribution in [0.15, 0.2) is 42.5 Å². The first kappa shape index (κ1) is 13.5. The summed E-state index contributed by atoms with van der Waals surface area (Å²) in [6.45, 7) is 1.87. The Bertz CT molecular complexity index is 685. The number of fused-ring (bicyclic) bond motifs is 1. The minimum Gasteiger partial charge on any atom is -0.508 e. The Balaban J connectivity index is 2.03. The molecule has 0 unspecified atom stereocenters. The zero-order valence-electron chi connectivity index (χ0n) is 11.4. The lowest BCUT2D eigenvalue weighted by molar-refractivity contribution is 0.0984. The molecule has 0 saturated heterocycles. The second kappa shape index (κ2) is 5.46. The number of phenolic OH excluding ortho intramolecular Hbond substituents is 2. The van der Waals surface area contributed by atoms with Crippen LogP contribution in [0.3, 0.4) is 0 Å². The SMILES string of the molecule is O=C(c1cc(O)ccc1O)N1CCNCc2ccccc21. The fourth-order valence-electron chi connectivity index (χ4n) is 2.51. The van der Waals surface area contributed by atoms with Crippen molar-refractivity contribution >= 4 is 11.6 Å². The third-order valence-corrected chi connectivity index (χ3v) is 3.57. The predicted molar refractivity (Wildman–Crippen MR) is 79.6 cm³/mol. The van der Waals surface area contributed by atoms with Gasteiger partial charge in [0.05, 0.1) is 5.56 Å². The number of phenols is 2. The number of para-hydroxylation sites is 1. The molecule has 0 radical (unpaired) electrons. The molecule has 2 aromatic rings. The van der Waals surface area contributed by atoms with Crippen LogP contribution in [0.4, 0.5) is 5.69 Å². The van der Waals surface area contributed by atoms with Gasteiger partial charge in [0.25, 0.3) is 5.91 Å². The molecule has 0 spiro atoms. The minimum absolute atomic E-state index is 0.0441. The van der Waals surface area contributed by atoms with Crippen LogP contribution >= 0.6 is 0 Å². The molecule has 0 atom stereocenters. The van der Waals surface area contributed by atoms with Crippen LogP contribution in [-0.4, -0.2) is 29.2 Å². The Hall–Kier alpha value is -2.53. The van der Waals surface area contributed by atoms with Gasteiger partial charge >= 0.3 is 0 Å². The van der Waals surface area contributed by atoms with Crippen LogP contribution in [0.5, 0.6) is 11.5 Å². The van der Waals surface area contributed by atoms with E-state index in [1.165, 1.54) is 18.2 Å². The molecule has 1 aliphatic rings. The summed E-state index contributed by atoms with van der Waals surface area (Å²) < 4.78 is 0. The Kier molecular flexibility index (Phi) is 3.50. The summed E-state index contributed by atoms with van der Waals surface area (Å²) in [4.78, 5) is 14.3. The van der Waals surface area contributed by atoms with Crippen molar-refractivity contribution in [3.63, 3.8) is 0 Å². The van der Waals surface area contributed by atoms with E-state index in [0.29, 0.717) is 19.6 Å². The number of benzene rings is 2. The highest BCUT2D eigenvalue weighted by atomic mass is 16.3. The highest BCUT2D eigenvalue weighted by Crippen LogP contribution is 2.28. The van der Waals surface area contributed by atoms with E-state index in [9.17, 15) is 15.0 Å². The van der Waals surface area contributed by atoms with Crippen molar-refractivity contribution in [2.24, 2.45) is 0 Å². The molecule has 5 nitrogen and oxygen atoms in total. The summed E-state index contributed by atoms with van der Waals surface area (Å²) in [6, 6.07) is 11.6. The Morgan fingerprint density at radius 3 is 2.81 bits per heavy atom. The van der Waals surface area contributed by atoms with Gasteiger partial charge < -0.3 is 20.4 Å². The summed E-state index contributed by atoms with van der Waals surface area (Å²) >= 11 is 0. The second-order valence-electron chi connectivity index (χ2n) is 4.96. The minimum atomic E-state index is -0.320. The summed E-state index contributed by atoms with van der Waals surface area (Å²) in [5.74, 6) is -0.496. The lowest BCUT2D eigenvalue weighted by atomic mass is 10.1. The van der Waals surface area contributed by atoms with Crippen LogP contribution in [0.2, 0.25) is 0 Å². The lowest BCUT2D eigenvalue weighted by Crippen LogP contribution is -2.34. The fourth-order valence-corrected chi connectivity index (χ4v) is 2.51. The van der Waals surface area contributed by atoms with Crippen molar-refractivity contribution in [3.8, 4) is 11.5 Å². The highest BCUT2D eigenvalue weighted by Gasteiger charge is 2.24. The molecule has 0 aromatic heterocycles. The summed E-state index contributed by atoms with van der Waals surface area (Å²) in [5.41, 5.74) is 1.96. The number of anilines is 1. The van der Waals surface area contributed by atoms with Crippen LogP contribution in [0, 0.1) is 0 Å². The third-order valence-electron chi connectivity index (χ3n) is 3.57. The molecule has 5 heteroatoms. The smallest absolute Gasteiger partial charge is 0.262 e. The average molecular weight is 284 g/mol. The van der Waals surface area contributed by atoms with Crippen molar-refractivity contribution in [1.29, 1.82) is 0 Å². The predicted octanol–water partition coefficient (Wildman–Crippen LogP) is 1.85. The van der Waals surface area contributed by atoms with Crippen LogP contribution in [0.25, 0.3) is 0 Å². The number of hydrogen-bond acceptors (Lipinski definition) is 4. The molecule has 1 heterocycles. The molecule has 3 rings (SSSR count). The van der Waals surface area contributed by atoms with Crippen LogP contribution < -0.4 is 10.2 Å². The molecular weight excluding hydrogens is 268 g/mol. The average Bonchev–Trinajstić information content (AvgIpc) is 2.71. The van der Waals surface area contributed by atoms with E-state index >= 15 is 0 Å². The first-order chi connectivity index (χ1) is 10.2. The first-order valence-electron chi connectivity index (χ1n) is 6.79. The van der Waals surface area contributed by atoms with Crippen LogP contribution in [0.1, 0.15) is 15.9 Å². The summed E-state index contributed by atoms with van der Waals surface area (Å²) in [6.07, 6.45) is 0. The topological polar surface area (TPSA) is 72.8 Å². The van der Waals surface area contributed by atoms with E-state index in [0.717, 1.165) is 11.3 Å². The van der Waals surface area contributed by atoms with Gasteiger partial charge in [0.1, 0.15) is 11.5 Å². The Labute approximate surface area is 122 Å².